The molecule has 0 radical (unpaired) electrons. The predicted octanol–water partition coefficient (Wildman–Crippen LogP) is 4.23. The van der Waals surface area contributed by atoms with Gasteiger partial charge in [-0.15, -0.1) is 24.0 Å². The SMILES string of the molecule is CCNC(=NCc1ccc(F)cc1)NCCCCC(F)(F)F.I. The molecular formula is C15H22F4IN3. The quantitative estimate of drug-likeness (QED) is 0.216. The molecule has 0 bridgehead atoms. The van der Waals surface area contributed by atoms with Crippen LogP contribution in [0.3, 0.4) is 0 Å². The lowest BCUT2D eigenvalue weighted by Gasteiger charge is -2.11. The Morgan fingerprint density at radius 3 is 2.30 bits per heavy atom. The first-order chi connectivity index (χ1) is 10.4. The number of hydrogen-bond donors (Lipinski definition) is 2. The number of nitrogens with one attached hydrogen (secondary N) is 2. The third-order valence-electron chi connectivity index (χ3n) is 2.86. The van der Waals surface area contributed by atoms with Crippen molar-refractivity contribution in [2.75, 3.05) is 13.1 Å². The highest BCUT2D eigenvalue weighted by atomic mass is 127. The zero-order valence-corrected chi connectivity index (χ0v) is 15.2. The van der Waals surface area contributed by atoms with Gasteiger partial charge >= 0.3 is 6.18 Å². The van der Waals surface area contributed by atoms with Gasteiger partial charge in [-0.05, 0) is 37.5 Å². The molecule has 0 fully saturated rings. The summed E-state index contributed by atoms with van der Waals surface area (Å²) >= 11 is 0. The van der Waals surface area contributed by atoms with Crippen LogP contribution in [0.4, 0.5) is 17.6 Å². The molecule has 0 aliphatic rings. The lowest BCUT2D eigenvalue weighted by Crippen LogP contribution is -2.37. The summed E-state index contributed by atoms with van der Waals surface area (Å²) in [7, 11) is 0. The van der Waals surface area contributed by atoms with Crippen molar-refractivity contribution in [2.45, 2.75) is 38.9 Å². The first-order valence-corrected chi connectivity index (χ1v) is 7.24. The van der Waals surface area contributed by atoms with Crippen LogP contribution in [0.1, 0.15) is 31.7 Å². The normalized spacial score (nSPS) is 11.8. The van der Waals surface area contributed by atoms with Gasteiger partial charge in [0.05, 0.1) is 6.54 Å². The number of aliphatic imine (C=N–C) groups is 1. The van der Waals surface area contributed by atoms with E-state index < -0.39 is 12.6 Å². The molecule has 0 spiro atoms. The highest BCUT2D eigenvalue weighted by Gasteiger charge is 2.25. The second kappa shape index (κ2) is 11.5. The summed E-state index contributed by atoms with van der Waals surface area (Å²) in [5.41, 5.74) is 0.857. The molecule has 0 saturated heterocycles. The van der Waals surface area contributed by atoms with E-state index in [0.717, 1.165) is 5.56 Å². The Morgan fingerprint density at radius 1 is 1.09 bits per heavy atom. The molecule has 2 N–H and O–H groups in total. The van der Waals surface area contributed by atoms with Gasteiger partial charge in [0.15, 0.2) is 5.96 Å². The van der Waals surface area contributed by atoms with E-state index in [4.69, 9.17) is 0 Å². The van der Waals surface area contributed by atoms with Gasteiger partial charge in [0.1, 0.15) is 5.82 Å². The first-order valence-electron chi connectivity index (χ1n) is 7.24. The highest BCUT2D eigenvalue weighted by molar-refractivity contribution is 14.0. The molecular weight excluding hydrogens is 425 g/mol. The Morgan fingerprint density at radius 2 is 1.74 bits per heavy atom. The van der Waals surface area contributed by atoms with E-state index in [2.05, 4.69) is 15.6 Å². The molecule has 1 rings (SSSR count). The van der Waals surface area contributed by atoms with Crippen molar-refractivity contribution >= 4 is 29.9 Å². The number of hydrogen-bond acceptors (Lipinski definition) is 1. The van der Waals surface area contributed by atoms with E-state index in [1.165, 1.54) is 12.1 Å². The molecule has 0 amide bonds. The van der Waals surface area contributed by atoms with Crippen LogP contribution in [0.15, 0.2) is 29.3 Å². The van der Waals surface area contributed by atoms with Crippen LogP contribution >= 0.6 is 24.0 Å². The van der Waals surface area contributed by atoms with Crippen LogP contribution in [0.5, 0.6) is 0 Å². The van der Waals surface area contributed by atoms with Crippen LogP contribution in [0.25, 0.3) is 0 Å². The fourth-order valence-corrected chi connectivity index (χ4v) is 1.76. The highest BCUT2D eigenvalue weighted by Crippen LogP contribution is 2.21. The molecule has 0 atom stereocenters. The predicted molar refractivity (Wildman–Crippen MR) is 94.5 cm³/mol. The standard InChI is InChI=1S/C15H21F4N3.HI/c1-2-20-14(21-10-4-3-9-15(17,18)19)22-11-12-5-7-13(16)8-6-12;/h5-8H,2-4,9-11H2,1H3,(H2,20,21,22);1H. The number of unbranched alkanes of at least 4 members (excludes halogenated alkanes) is 1. The van der Waals surface area contributed by atoms with E-state index in [1.807, 2.05) is 6.92 Å². The van der Waals surface area contributed by atoms with Gasteiger partial charge in [-0.2, -0.15) is 13.2 Å². The third kappa shape index (κ3) is 11.2. The fraction of sp³-hybridized carbons (Fsp3) is 0.533. The summed E-state index contributed by atoms with van der Waals surface area (Å²) in [5, 5.41) is 6.00. The molecule has 0 aliphatic heterocycles. The molecule has 0 heterocycles. The van der Waals surface area contributed by atoms with Crippen molar-refractivity contribution in [2.24, 2.45) is 4.99 Å². The Balaban J connectivity index is 0.00000484. The summed E-state index contributed by atoms with van der Waals surface area (Å²) in [6.07, 6.45) is -4.35. The number of halogens is 5. The number of guanidine groups is 1. The van der Waals surface area contributed by atoms with Crippen molar-refractivity contribution in [3.05, 3.63) is 35.6 Å². The Hall–Kier alpha value is -1.06. The second-order valence-electron chi connectivity index (χ2n) is 4.82. The van der Waals surface area contributed by atoms with Crippen LogP contribution < -0.4 is 10.6 Å². The van der Waals surface area contributed by atoms with Gasteiger partial charge in [0.2, 0.25) is 0 Å². The molecule has 1 aromatic carbocycles. The van der Waals surface area contributed by atoms with Gasteiger partial charge in [-0.3, -0.25) is 0 Å². The van der Waals surface area contributed by atoms with E-state index in [1.54, 1.807) is 12.1 Å². The lowest BCUT2D eigenvalue weighted by atomic mass is 10.2. The third-order valence-corrected chi connectivity index (χ3v) is 2.86. The summed E-state index contributed by atoms with van der Waals surface area (Å²) in [4.78, 5) is 4.31. The molecule has 132 valence electrons. The Bertz CT molecular complexity index is 461. The summed E-state index contributed by atoms with van der Waals surface area (Å²) < 4.78 is 48.8. The molecule has 3 nitrogen and oxygen atoms in total. The monoisotopic (exact) mass is 447 g/mol. The Kier molecular flexibility index (Phi) is 10.9. The smallest absolute Gasteiger partial charge is 0.357 e. The zero-order valence-electron chi connectivity index (χ0n) is 12.9. The minimum Gasteiger partial charge on any atom is -0.357 e. The van der Waals surface area contributed by atoms with E-state index in [0.29, 0.717) is 32.0 Å². The van der Waals surface area contributed by atoms with Gasteiger partial charge in [0.25, 0.3) is 0 Å². The maximum atomic E-state index is 12.8. The second-order valence-corrected chi connectivity index (χ2v) is 4.82. The average Bonchev–Trinajstić information content (AvgIpc) is 2.44. The van der Waals surface area contributed by atoms with Crippen LogP contribution in [0, 0.1) is 5.82 Å². The molecule has 0 saturated carbocycles. The first kappa shape index (κ1) is 21.9. The molecule has 8 heteroatoms. The topological polar surface area (TPSA) is 36.4 Å². The van der Waals surface area contributed by atoms with Crippen molar-refractivity contribution in [3.8, 4) is 0 Å². The van der Waals surface area contributed by atoms with Crippen LogP contribution in [0.2, 0.25) is 0 Å². The minimum absolute atomic E-state index is 0. The largest absolute Gasteiger partial charge is 0.389 e. The van der Waals surface area contributed by atoms with Crippen molar-refractivity contribution in [3.63, 3.8) is 0 Å². The van der Waals surface area contributed by atoms with E-state index >= 15 is 0 Å². The summed E-state index contributed by atoms with van der Waals surface area (Å²) in [6, 6.07) is 6.02. The minimum atomic E-state index is -4.10. The van der Waals surface area contributed by atoms with E-state index in [-0.39, 0.29) is 36.2 Å². The van der Waals surface area contributed by atoms with Crippen LogP contribution in [-0.2, 0) is 6.54 Å². The fourth-order valence-electron chi connectivity index (χ4n) is 1.76. The van der Waals surface area contributed by atoms with Crippen LogP contribution in [-0.4, -0.2) is 25.2 Å². The van der Waals surface area contributed by atoms with Gasteiger partial charge in [-0.25, -0.2) is 9.38 Å². The zero-order chi connectivity index (χ0) is 16.4. The van der Waals surface area contributed by atoms with Crippen molar-refractivity contribution < 1.29 is 17.6 Å². The Labute approximate surface area is 151 Å². The molecule has 0 unspecified atom stereocenters. The van der Waals surface area contributed by atoms with Crippen molar-refractivity contribution in [1.29, 1.82) is 0 Å². The number of rotatable bonds is 7. The number of nitrogens with zero attached hydrogens (tertiary/aromatic N) is 1. The maximum absolute atomic E-state index is 12.8. The average molecular weight is 447 g/mol. The van der Waals surface area contributed by atoms with E-state index in [9.17, 15) is 17.6 Å². The maximum Gasteiger partial charge on any atom is 0.389 e. The lowest BCUT2D eigenvalue weighted by molar-refractivity contribution is -0.135. The van der Waals surface area contributed by atoms with Gasteiger partial charge < -0.3 is 10.6 Å². The van der Waals surface area contributed by atoms with Gasteiger partial charge in [0, 0.05) is 19.5 Å². The summed E-state index contributed by atoms with van der Waals surface area (Å²) in [6.45, 7) is 3.35. The molecule has 0 aliphatic carbocycles. The van der Waals surface area contributed by atoms with Crippen molar-refractivity contribution in [1.82, 2.24) is 10.6 Å². The number of alkyl halides is 3. The summed E-state index contributed by atoms with van der Waals surface area (Å²) in [5.74, 6) is 0.237. The number of benzene rings is 1. The molecule has 0 aromatic heterocycles. The van der Waals surface area contributed by atoms with Gasteiger partial charge in [-0.1, -0.05) is 12.1 Å². The molecule has 1 aromatic rings. The molecule has 23 heavy (non-hydrogen) atoms.